The third kappa shape index (κ3) is 24.3. The van der Waals surface area contributed by atoms with E-state index in [0.29, 0.717) is 68.7 Å². The van der Waals surface area contributed by atoms with Gasteiger partial charge in [-0.15, -0.1) is 0 Å². The predicted molar refractivity (Wildman–Crippen MR) is 428 cm³/mol. The van der Waals surface area contributed by atoms with Crippen molar-refractivity contribution in [3.05, 3.63) is 202 Å². The van der Waals surface area contributed by atoms with Crippen LogP contribution in [0.15, 0.2) is 135 Å². The molecule has 0 bridgehead atoms. The number of nitrogens with one attached hydrogen (secondary N) is 8. The Hall–Kier alpha value is -11.4. The molecule has 4 atom stereocenters. The summed E-state index contributed by atoms with van der Waals surface area (Å²) in [4.78, 5) is 43.6. The number of halogens is 14. The molecular formula is C84H97F14N20O4+. The number of H-pyrrole nitrogens is 1. The van der Waals surface area contributed by atoms with Crippen molar-refractivity contribution in [2.45, 2.75) is 224 Å². The molecule has 0 radical (unpaired) electrons. The Balaban J connectivity index is 0.000000184. The zero-order valence-corrected chi connectivity index (χ0v) is 67.2. The predicted octanol–water partition coefficient (Wildman–Crippen LogP) is 17.6. The van der Waals surface area contributed by atoms with Gasteiger partial charge in [0.15, 0.2) is 12.4 Å². The minimum Gasteiger partial charge on any atom is -0.393 e. The Morgan fingerprint density at radius 1 is 0.492 bits per heavy atom. The average Bonchev–Trinajstić information content (AvgIpc) is 0.725. The first-order chi connectivity index (χ1) is 57.1. The van der Waals surface area contributed by atoms with Gasteiger partial charge in [-0.2, -0.15) is 78.2 Å². The lowest BCUT2D eigenvalue weighted by Crippen LogP contribution is -2.65. The Labute approximate surface area is 696 Å². The third-order valence-electron chi connectivity index (χ3n) is 22.3. The average molecular weight is 1720 g/mol. The number of hydrogen-bond donors (Lipinski definition) is 9. The fourth-order valence-corrected chi connectivity index (χ4v) is 14.5. The van der Waals surface area contributed by atoms with Crippen LogP contribution in [0.3, 0.4) is 0 Å². The highest BCUT2D eigenvalue weighted by molar-refractivity contribution is 5.64. The highest BCUT2D eigenvalue weighted by Crippen LogP contribution is 2.53. The number of nitrogens with zero attached hydrogens (tertiary/aromatic N) is 12. The minimum absolute atomic E-state index is 0. The summed E-state index contributed by atoms with van der Waals surface area (Å²) in [5, 5.41) is 58.8. The van der Waals surface area contributed by atoms with E-state index < -0.39 is 59.0 Å². The van der Waals surface area contributed by atoms with Crippen molar-refractivity contribution in [1.82, 2.24) is 49.8 Å². The molecule has 10 N–H and O–H groups in total. The molecule has 24 nitrogen and oxygen atoms in total. The summed E-state index contributed by atoms with van der Waals surface area (Å²) in [6.07, 6.45) is -1.23. The van der Waals surface area contributed by atoms with Gasteiger partial charge >= 0.3 is 24.7 Å². The van der Waals surface area contributed by atoms with Gasteiger partial charge in [-0.05, 0) is 112 Å². The summed E-state index contributed by atoms with van der Waals surface area (Å²) in [7, 11) is 3.24. The van der Waals surface area contributed by atoms with Crippen LogP contribution in [-0.2, 0) is 72.6 Å². The standard InChI is InChI=1S/C23H24F3N5O.C21H25F5N4O.C20H23F3N6O.C19H20F3N5O.CH4/c24-23(25,26)19-14-29-22(31-21(19)30-17-8-10-18(32)11-9-17)28-13-16-7-4-12-27-20(16)15-5-2-1-3-6-15;1-19(2)15(9-16(19)31-4)29-18-14(21(24,25)26)11-28-17(30-18)6-5-12-10-27-8-7-13(12)20(3,22)23;1-18(2)15(7-19(18,3)30-4)28-16-12(8-24)10-26-17(29-16)27-11-13-9-25-6-5-14(13)20(21,22)23;20-19(21,22)16-4-2-1-3-12(16)10-24-18-25-11-13(9-23)17(27-18)26-14-5-7-15(28)8-6-14;/h1-7,12,14,17-18,32H,8-11,13H2,(H2,28,29,30,31);7-8,10-11,15-16H,5-6,9H2,1-4H3,(H,28,29,30);5-6,9-10,15H,7,11H2,1-4H3,(H2,26,27,28,29);1-4,11,14-15,28H,5-8,10H2,(H2,24,25,26,27);1H4/p+1. The van der Waals surface area contributed by atoms with Crippen molar-refractivity contribution >= 4 is 41.1 Å². The lowest BCUT2D eigenvalue weighted by atomic mass is 9.56. The van der Waals surface area contributed by atoms with Crippen molar-refractivity contribution < 1.29 is 86.1 Å². The van der Waals surface area contributed by atoms with Crippen LogP contribution in [-0.4, -0.2) is 122 Å². The van der Waals surface area contributed by atoms with Gasteiger partial charge in [0, 0.05) is 136 Å². The maximum Gasteiger partial charge on any atom is 0.421 e. The zero-order chi connectivity index (χ0) is 87.9. The molecule has 0 saturated heterocycles. The lowest BCUT2D eigenvalue weighted by molar-refractivity contribution is -0.379. The number of nitriles is 2. The molecule has 7 aromatic heterocycles. The first-order valence-corrected chi connectivity index (χ1v) is 38.8. The van der Waals surface area contributed by atoms with Crippen molar-refractivity contribution in [1.29, 1.82) is 10.5 Å². The van der Waals surface area contributed by atoms with Gasteiger partial charge in [0.1, 0.15) is 63.5 Å². The van der Waals surface area contributed by atoms with E-state index in [1.807, 2.05) is 75.4 Å². The molecule has 4 unspecified atom stereocenters. The topological polar surface area (TPSA) is 334 Å². The quantitative estimate of drug-likeness (QED) is 0.0254. The Kier molecular flexibility index (Phi) is 31.1. The number of aliphatic hydroxyl groups is 2. The van der Waals surface area contributed by atoms with Gasteiger partial charge < -0.3 is 56.9 Å². The lowest BCUT2D eigenvalue weighted by Gasteiger charge is -2.59. The zero-order valence-electron chi connectivity index (χ0n) is 67.2. The molecule has 13 rings (SSSR count). The maximum absolute atomic E-state index is 13.8. The molecule has 0 spiro atoms. The summed E-state index contributed by atoms with van der Waals surface area (Å²) in [5.41, 5.74) is -0.851. The van der Waals surface area contributed by atoms with E-state index in [-0.39, 0.29) is 149 Å². The summed E-state index contributed by atoms with van der Waals surface area (Å²) in [6, 6.07) is 24.6. The summed E-state index contributed by atoms with van der Waals surface area (Å²) in [6.45, 7) is 10.8. The first-order valence-electron chi connectivity index (χ1n) is 38.8. The molecule has 654 valence electrons. The molecule has 0 amide bonds. The van der Waals surface area contributed by atoms with Gasteiger partial charge in [0.2, 0.25) is 17.8 Å². The number of methoxy groups -OCH3 is 2. The van der Waals surface area contributed by atoms with Crippen LogP contribution in [0.4, 0.5) is 103 Å². The molecular weight excluding hydrogens is 1620 g/mol. The molecule has 7 heterocycles. The molecule has 4 aliphatic carbocycles. The third-order valence-corrected chi connectivity index (χ3v) is 22.3. The number of aromatic amines is 1. The molecule has 0 aliphatic heterocycles. The highest BCUT2D eigenvalue weighted by Gasteiger charge is 2.58. The summed E-state index contributed by atoms with van der Waals surface area (Å²) < 4.78 is 198. The number of aliphatic hydroxyl groups excluding tert-OH is 2. The Morgan fingerprint density at radius 2 is 0.975 bits per heavy atom. The number of alkyl halides is 14. The number of hydrogen-bond acceptors (Lipinski definition) is 23. The monoisotopic (exact) mass is 1720 g/mol. The number of pyridine rings is 3. The maximum atomic E-state index is 13.8. The van der Waals surface area contributed by atoms with Gasteiger partial charge in [-0.1, -0.05) is 89.7 Å². The minimum atomic E-state index is -4.63. The van der Waals surface area contributed by atoms with Crippen molar-refractivity contribution in [2.24, 2.45) is 10.8 Å². The summed E-state index contributed by atoms with van der Waals surface area (Å²) in [5.74, 6) is -2.45. The highest BCUT2D eigenvalue weighted by atomic mass is 19.4. The number of ether oxygens (including phenoxy) is 2. The number of anilines is 7. The van der Waals surface area contributed by atoms with Crippen LogP contribution in [0.5, 0.6) is 0 Å². The van der Waals surface area contributed by atoms with E-state index in [2.05, 4.69) is 106 Å². The molecule has 38 heteroatoms. The molecule has 4 fully saturated rings. The van der Waals surface area contributed by atoms with E-state index in [0.717, 1.165) is 67.5 Å². The van der Waals surface area contributed by atoms with Crippen molar-refractivity contribution in [3.63, 3.8) is 0 Å². The molecule has 2 aromatic carbocycles. The van der Waals surface area contributed by atoms with Gasteiger partial charge in [0.25, 0.3) is 5.92 Å². The molecule has 4 aliphatic rings. The van der Waals surface area contributed by atoms with Crippen LogP contribution >= 0.6 is 0 Å². The van der Waals surface area contributed by atoms with E-state index in [1.165, 1.54) is 61.4 Å². The van der Waals surface area contributed by atoms with Gasteiger partial charge in [-0.3, -0.25) is 9.97 Å². The second-order valence-electron chi connectivity index (χ2n) is 31.1. The first kappa shape index (κ1) is 94.5. The molecule has 4 saturated carbocycles. The van der Waals surface area contributed by atoms with Crippen LogP contribution in [0, 0.1) is 33.5 Å². The SMILES string of the molecule is C.COC1(C)CC(Nc2nc(NCc3c[nH+]ccc3C(F)(F)F)ncc2C#N)C1(C)C.COC1CC(Nc2nc(CCc3cnccc3C(C)(F)F)ncc2C(F)(F)F)C1(C)C.N#Cc1cnc(NCc2ccccc2C(F)(F)F)nc1NC1CCC(O)CC1.OC1CCC(Nc2nc(NCc3cccnc3-c3ccccc3)ncc2C(F)(F)F)CC1. The van der Waals surface area contributed by atoms with E-state index >= 15 is 0 Å². The van der Waals surface area contributed by atoms with E-state index in [4.69, 9.17) is 9.47 Å². The second-order valence-corrected chi connectivity index (χ2v) is 31.1. The van der Waals surface area contributed by atoms with Crippen molar-refractivity contribution in [2.75, 3.05) is 51.4 Å². The normalized spacial score (nSPS) is 20.4. The number of aromatic nitrogens is 11. The molecule has 122 heavy (non-hydrogen) atoms. The fourth-order valence-electron chi connectivity index (χ4n) is 14.5. The Morgan fingerprint density at radius 3 is 1.51 bits per heavy atom. The van der Waals surface area contributed by atoms with Crippen LogP contribution in [0.2, 0.25) is 0 Å². The van der Waals surface area contributed by atoms with Crippen molar-refractivity contribution in [3.8, 4) is 23.4 Å². The largest absolute Gasteiger partial charge is 0.421 e. The summed E-state index contributed by atoms with van der Waals surface area (Å²) >= 11 is 0. The van der Waals surface area contributed by atoms with Crippen LogP contribution in [0.25, 0.3) is 11.3 Å². The van der Waals surface area contributed by atoms with E-state index in [9.17, 15) is 82.2 Å². The van der Waals surface area contributed by atoms with Gasteiger partial charge in [0.05, 0.1) is 53.1 Å². The van der Waals surface area contributed by atoms with E-state index in [1.54, 1.807) is 20.4 Å². The van der Waals surface area contributed by atoms with Crippen LogP contribution in [0.1, 0.15) is 180 Å². The van der Waals surface area contributed by atoms with Crippen LogP contribution < -0.4 is 42.2 Å². The number of benzene rings is 2. The number of aryl methyl sites for hydroxylation is 2. The van der Waals surface area contributed by atoms with Gasteiger partial charge in [-0.25, -0.2) is 38.7 Å². The smallest absolute Gasteiger partial charge is 0.393 e. The Bertz CT molecular complexity index is 5030. The molecule has 9 aromatic rings. The number of rotatable bonds is 24. The second kappa shape index (κ2) is 40.1. The fraction of sp³-hybridized carbons (Fsp3) is 0.464.